The molecule has 0 aliphatic heterocycles. The highest BCUT2D eigenvalue weighted by Crippen LogP contribution is 2.08. The Morgan fingerprint density at radius 3 is 2.85 bits per heavy atom. The first-order valence-electron chi connectivity index (χ1n) is 7.06. The highest BCUT2D eigenvalue weighted by atomic mass is 16.5. The molecule has 4 nitrogen and oxygen atoms in total. The Balaban J connectivity index is 2.23. The van der Waals surface area contributed by atoms with Gasteiger partial charge in [-0.25, -0.2) is 0 Å². The summed E-state index contributed by atoms with van der Waals surface area (Å²) in [6.45, 7) is 4.27. The molecular formula is C16H22N2O2. The monoisotopic (exact) mass is 274 g/mol. The molecule has 1 atom stereocenters. The largest absolute Gasteiger partial charge is 0.383 e. The van der Waals surface area contributed by atoms with Gasteiger partial charge in [0, 0.05) is 31.3 Å². The Kier molecular flexibility index (Phi) is 5.32. The predicted molar refractivity (Wildman–Crippen MR) is 82.2 cm³/mol. The van der Waals surface area contributed by atoms with E-state index in [0.717, 1.165) is 23.7 Å². The van der Waals surface area contributed by atoms with E-state index in [4.69, 9.17) is 4.74 Å². The fourth-order valence-electron chi connectivity index (χ4n) is 2.34. The first-order chi connectivity index (χ1) is 9.76. The fraction of sp³-hybridized carbons (Fsp3) is 0.438. The quantitative estimate of drug-likeness (QED) is 0.840. The summed E-state index contributed by atoms with van der Waals surface area (Å²) in [5.41, 5.74) is 0.0579. The van der Waals surface area contributed by atoms with Gasteiger partial charge in [0.05, 0.1) is 6.61 Å². The van der Waals surface area contributed by atoms with Crippen LogP contribution in [0.4, 0.5) is 0 Å². The van der Waals surface area contributed by atoms with Crippen molar-refractivity contribution < 1.29 is 4.74 Å². The van der Waals surface area contributed by atoms with E-state index >= 15 is 0 Å². The highest BCUT2D eigenvalue weighted by Gasteiger charge is 2.10. The number of nitrogens with one attached hydrogen (secondary N) is 1. The first kappa shape index (κ1) is 14.8. The third-order valence-electron chi connectivity index (χ3n) is 3.35. The number of nitrogens with zero attached hydrogens (tertiary/aromatic N) is 1. The fourth-order valence-corrected chi connectivity index (χ4v) is 2.34. The van der Waals surface area contributed by atoms with Crippen molar-refractivity contribution in [3.05, 3.63) is 46.9 Å². The van der Waals surface area contributed by atoms with Crippen molar-refractivity contribution >= 4 is 10.8 Å². The number of hydrogen-bond donors (Lipinski definition) is 1. The van der Waals surface area contributed by atoms with Crippen molar-refractivity contribution in [1.29, 1.82) is 0 Å². The summed E-state index contributed by atoms with van der Waals surface area (Å²) in [4.78, 5) is 12.4. The molecule has 1 aromatic heterocycles. The average molecular weight is 274 g/mol. The molecule has 0 saturated heterocycles. The second-order valence-corrected chi connectivity index (χ2v) is 4.97. The van der Waals surface area contributed by atoms with Gasteiger partial charge >= 0.3 is 0 Å². The van der Waals surface area contributed by atoms with E-state index in [1.807, 2.05) is 36.5 Å². The van der Waals surface area contributed by atoms with Crippen molar-refractivity contribution in [2.75, 3.05) is 20.3 Å². The lowest BCUT2D eigenvalue weighted by Crippen LogP contribution is -2.40. The third-order valence-corrected chi connectivity index (χ3v) is 3.35. The summed E-state index contributed by atoms with van der Waals surface area (Å²) in [7, 11) is 1.68. The molecule has 0 aliphatic rings. The van der Waals surface area contributed by atoms with Crippen LogP contribution in [0.5, 0.6) is 0 Å². The number of rotatable bonds is 7. The smallest absolute Gasteiger partial charge is 0.258 e. The Morgan fingerprint density at radius 1 is 1.30 bits per heavy atom. The van der Waals surface area contributed by atoms with Crippen LogP contribution in [-0.4, -0.2) is 30.9 Å². The minimum absolute atomic E-state index is 0.0579. The number of ether oxygens (including phenoxy) is 1. The van der Waals surface area contributed by atoms with Crippen molar-refractivity contribution in [1.82, 2.24) is 9.88 Å². The number of benzene rings is 1. The molecule has 0 amide bonds. The SMILES string of the molecule is CCCNC(COC)Cn1ccc2ccccc2c1=O. The van der Waals surface area contributed by atoms with E-state index in [-0.39, 0.29) is 11.6 Å². The van der Waals surface area contributed by atoms with E-state index in [9.17, 15) is 4.79 Å². The van der Waals surface area contributed by atoms with Crippen LogP contribution in [0.15, 0.2) is 41.3 Å². The minimum Gasteiger partial charge on any atom is -0.383 e. The van der Waals surface area contributed by atoms with Crippen LogP contribution in [0.3, 0.4) is 0 Å². The summed E-state index contributed by atoms with van der Waals surface area (Å²) in [6, 6.07) is 9.82. The standard InChI is InChI=1S/C16H22N2O2/c1-3-9-17-14(12-20-2)11-18-10-8-13-6-4-5-7-15(13)16(18)19/h4-8,10,14,17H,3,9,11-12H2,1-2H3. The van der Waals surface area contributed by atoms with Crippen LogP contribution in [0.1, 0.15) is 13.3 Å². The Bertz CT molecular complexity index is 607. The zero-order chi connectivity index (χ0) is 14.4. The minimum atomic E-state index is 0.0579. The average Bonchev–Trinajstić information content (AvgIpc) is 2.48. The normalized spacial score (nSPS) is 12.7. The first-order valence-corrected chi connectivity index (χ1v) is 7.06. The summed E-state index contributed by atoms with van der Waals surface area (Å²) in [5, 5.41) is 5.16. The molecule has 1 heterocycles. The summed E-state index contributed by atoms with van der Waals surface area (Å²) < 4.78 is 6.98. The second-order valence-electron chi connectivity index (χ2n) is 4.97. The van der Waals surface area contributed by atoms with Crippen LogP contribution in [0.25, 0.3) is 10.8 Å². The maximum Gasteiger partial charge on any atom is 0.258 e. The van der Waals surface area contributed by atoms with Crippen LogP contribution in [-0.2, 0) is 11.3 Å². The summed E-state index contributed by atoms with van der Waals surface area (Å²) >= 11 is 0. The van der Waals surface area contributed by atoms with Gasteiger partial charge in [-0.2, -0.15) is 0 Å². The van der Waals surface area contributed by atoms with Crippen molar-refractivity contribution in [3.8, 4) is 0 Å². The molecule has 0 aliphatic carbocycles. The molecule has 0 fully saturated rings. The molecule has 1 aromatic carbocycles. The van der Waals surface area contributed by atoms with E-state index in [1.165, 1.54) is 0 Å². The Hall–Kier alpha value is -1.65. The Labute approximate surface area is 119 Å². The van der Waals surface area contributed by atoms with Gasteiger partial charge in [0.25, 0.3) is 5.56 Å². The molecule has 2 aromatic rings. The maximum atomic E-state index is 12.4. The van der Waals surface area contributed by atoms with Gasteiger partial charge in [0.2, 0.25) is 0 Å². The van der Waals surface area contributed by atoms with Gasteiger partial charge in [0.15, 0.2) is 0 Å². The lowest BCUT2D eigenvalue weighted by atomic mass is 10.2. The van der Waals surface area contributed by atoms with Crippen LogP contribution in [0, 0.1) is 0 Å². The van der Waals surface area contributed by atoms with E-state index < -0.39 is 0 Å². The number of fused-ring (bicyclic) bond motifs is 1. The van der Waals surface area contributed by atoms with Gasteiger partial charge in [-0.1, -0.05) is 25.1 Å². The maximum absolute atomic E-state index is 12.4. The zero-order valence-electron chi connectivity index (χ0n) is 12.1. The predicted octanol–water partition coefficient (Wildman–Crippen LogP) is 2.02. The summed E-state index contributed by atoms with van der Waals surface area (Å²) in [5.74, 6) is 0. The lowest BCUT2D eigenvalue weighted by Gasteiger charge is -2.19. The molecule has 0 radical (unpaired) electrons. The third kappa shape index (κ3) is 3.46. The molecule has 20 heavy (non-hydrogen) atoms. The molecule has 4 heteroatoms. The number of hydrogen-bond acceptors (Lipinski definition) is 3. The van der Waals surface area contributed by atoms with E-state index in [0.29, 0.717) is 13.2 Å². The van der Waals surface area contributed by atoms with Crippen molar-refractivity contribution in [2.45, 2.75) is 25.9 Å². The zero-order valence-corrected chi connectivity index (χ0v) is 12.1. The summed E-state index contributed by atoms with van der Waals surface area (Å²) in [6.07, 6.45) is 2.92. The number of methoxy groups -OCH3 is 1. The Morgan fingerprint density at radius 2 is 2.10 bits per heavy atom. The molecule has 0 bridgehead atoms. The molecule has 1 N–H and O–H groups in total. The van der Waals surface area contributed by atoms with Gasteiger partial charge in [-0.15, -0.1) is 0 Å². The van der Waals surface area contributed by atoms with Crippen LogP contribution >= 0.6 is 0 Å². The molecular weight excluding hydrogens is 252 g/mol. The van der Waals surface area contributed by atoms with Crippen LogP contribution in [0.2, 0.25) is 0 Å². The number of aromatic nitrogens is 1. The van der Waals surface area contributed by atoms with Gasteiger partial charge in [-0.3, -0.25) is 4.79 Å². The van der Waals surface area contributed by atoms with Gasteiger partial charge in [0.1, 0.15) is 0 Å². The molecule has 108 valence electrons. The van der Waals surface area contributed by atoms with Crippen molar-refractivity contribution in [2.24, 2.45) is 0 Å². The van der Waals surface area contributed by atoms with Crippen LogP contribution < -0.4 is 10.9 Å². The topological polar surface area (TPSA) is 43.3 Å². The molecule has 1 unspecified atom stereocenters. The number of pyridine rings is 1. The highest BCUT2D eigenvalue weighted by molar-refractivity contribution is 5.81. The second kappa shape index (κ2) is 7.22. The van der Waals surface area contributed by atoms with Gasteiger partial charge in [-0.05, 0) is 30.5 Å². The lowest BCUT2D eigenvalue weighted by molar-refractivity contribution is 0.158. The van der Waals surface area contributed by atoms with Gasteiger partial charge < -0.3 is 14.6 Å². The van der Waals surface area contributed by atoms with E-state index in [1.54, 1.807) is 11.7 Å². The molecule has 0 spiro atoms. The molecule has 2 rings (SSSR count). The molecule has 0 saturated carbocycles. The van der Waals surface area contributed by atoms with E-state index in [2.05, 4.69) is 12.2 Å². The van der Waals surface area contributed by atoms with Crippen molar-refractivity contribution in [3.63, 3.8) is 0 Å².